The van der Waals surface area contributed by atoms with Crippen molar-refractivity contribution in [3.8, 4) is 5.75 Å². The Kier molecular flexibility index (Phi) is 7.15. The molecule has 1 unspecified atom stereocenters. The molecule has 0 saturated heterocycles. The number of phenols is 1. The SMILES string of the molecule is CC(C)(C)OC(=O)NCC(=O)N(C1CC1)C(C(=O)Nc1ccc2ccccc2c1)c1cccc(O)c1. The highest BCUT2D eigenvalue weighted by Crippen LogP contribution is 2.36. The Labute approximate surface area is 210 Å². The van der Waals surface area contributed by atoms with Gasteiger partial charge in [0.05, 0.1) is 0 Å². The van der Waals surface area contributed by atoms with Crippen molar-refractivity contribution in [2.45, 2.75) is 51.3 Å². The lowest BCUT2D eigenvalue weighted by Gasteiger charge is -2.32. The van der Waals surface area contributed by atoms with Crippen LogP contribution in [-0.4, -0.2) is 46.1 Å². The van der Waals surface area contributed by atoms with Crippen LogP contribution in [0.25, 0.3) is 10.8 Å². The second-order valence-electron chi connectivity index (χ2n) is 9.94. The monoisotopic (exact) mass is 489 g/mol. The van der Waals surface area contributed by atoms with Gasteiger partial charge in [0.25, 0.3) is 5.91 Å². The van der Waals surface area contributed by atoms with Crippen molar-refractivity contribution in [3.63, 3.8) is 0 Å². The summed E-state index contributed by atoms with van der Waals surface area (Å²) < 4.78 is 5.23. The number of carbonyl (C=O) groups excluding carboxylic acids is 3. The van der Waals surface area contributed by atoms with Crippen LogP contribution < -0.4 is 10.6 Å². The van der Waals surface area contributed by atoms with Crippen molar-refractivity contribution in [3.05, 3.63) is 72.3 Å². The summed E-state index contributed by atoms with van der Waals surface area (Å²) in [5.41, 5.74) is 0.373. The molecule has 0 bridgehead atoms. The standard InChI is InChI=1S/C28H31N3O5/c1-28(2,3)36-27(35)29-17-24(33)31(22-13-14-22)25(20-9-6-10-23(32)16-20)26(34)30-21-12-11-18-7-4-5-8-19(18)15-21/h4-12,15-16,22,25,32H,13-14,17H2,1-3H3,(H,29,35)(H,30,34). The number of benzene rings is 3. The maximum absolute atomic E-state index is 13.7. The third-order valence-corrected chi connectivity index (χ3v) is 5.74. The van der Waals surface area contributed by atoms with E-state index in [1.807, 2.05) is 42.5 Å². The Balaban J connectivity index is 1.60. The Morgan fingerprint density at radius 3 is 2.39 bits per heavy atom. The lowest BCUT2D eigenvalue weighted by molar-refractivity contribution is -0.139. The van der Waals surface area contributed by atoms with Gasteiger partial charge in [-0.05, 0) is 74.2 Å². The quantitative estimate of drug-likeness (QED) is 0.444. The first kappa shape index (κ1) is 25.0. The first-order chi connectivity index (χ1) is 17.1. The molecule has 4 rings (SSSR count). The first-order valence-electron chi connectivity index (χ1n) is 12.0. The number of nitrogens with one attached hydrogen (secondary N) is 2. The predicted molar refractivity (Wildman–Crippen MR) is 138 cm³/mol. The van der Waals surface area contributed by atoms with Gasteiger partial charge in [-0.2, -0.15) is 0 Å². The molecular weight excluding hydrogens is 458 g/mol. The number of hydrogen-bond acceptors (Lipinski definition) is 5. The normalized spacial score (nSPS) is 14.1. The fraction of sp³-hybridized carbons (Fsp3) is 0.321. The van der Waals surface area contributed by atoms with Gasteiger partial charge < -0.3 is 25.4 Å². The highest BCUT2D eigenvalue weighted by molar-refractivity contribution is 6.00. The highest BCUT2D eigenvalue weighted by Gasteiger charge is 2.41. The molecule has 188 valence electrons. The number of aromatic hydroxyl groups is 1. The molecule has 0 aliphatic heterocycles. The number of hydrogen-bond donors (Lipinski definition) is 3. The number of alkyl carbamates (subject to hydrolysis) is 1. The third-order valence-electron chi connectivity index (χ3n) is 5.74. The van der Waals surface area contributed by atoms with Gasteiger partial charge >= 0.3 is 6.09 Å². The van der Waals surface area contributed by atoms with Gasteiger partial charge in [0, 0.05) is 11.7 Å². The first-order valence-corrected chi connectivity index (χ1v) is 12.0. The number of rotatable bonds is 7. The Morgan fingerprint density at radius 2 is 1.72 bits per heavy atom. The van der Waals surface area contributed by atoms with E-state index in [-0.39, 0.29) is 18.3 Å². The maximum Gasteiger partial charge on any atom is 0.408 e. The highest BCUT2D eigenvalue weighted by atomic mass is 16.6. The molecule has 1 aliphatic carbocycles. The van der Waals surface area contributed by atoms with E-state index in [4.69, 9.17) is 4.74 Å². The lowest BCUT2D eigenvalue weighted by atomic mass is 10.0. The van der Waals surface area contributed by atoms with Crippen LogP contribution in [0, 0.1) is 0 Å². The molecule has 1 saturated carbocycles. The van der Waals surface area contributed by atoms with E-state index in [0.717, 1.165) is 23.6 Å². The summed E-state index contributed by atoms with van der Waals surface area (Å²) >= 11 is 0. The number of phenolic OH excluding ortho intramolecular Hbond substituents is 1. The van der Waals surface area contributed by atoms with Gasteiger partial charge in [-0.3, -0.25) is 9.59 Å². The molecule has 36 heavy (non-hydrogen) atoms. The van der Waals surface area contributed by atoms with Gasteiger partial charge in [-0.25, -0.2) is 4.79 Å². The molecule has 0 spiro atoms. The van der Waals surface area contributed by atoms with Crippen LogP contribution >= 0.6 is 0 Å². The van der Waals surface area contributed by atoms with Crippen molar-refractivity contribution in [1.29, 1.82) is 0 Å². The summed E-state index contributed by atoms with van der Waals surface area (Å²) in [6, 6.07) is 18.6. The van der Waals surface area contributed by atoms with E-state index in [2.05, 4.69) is 10.6 Å². The van der Waals surface area contributed by atoms with E-state index in [9.17, 15) is 19.5 Å². The molecule has 0 radical (unpaired) electrons. The minimum atomic E-state index is -0.996. The van der Waals surface area contributed by atoms with Crippen molar-refractivity contribution in [2.24, 2.45) is 0 Å². The Morgan fingerprint density at radius 1 is 1.00 bits per heavy atom. The fourth-order valence-corrected chi connectivity index (χ4v) is 4.08. The zero-order valence-corrected chi connectivity index (χ0v) is 20.7. The maximum atomic E-state index is 13.7. The zero-order chi connectivity index (χ0) is 25.9. The van der Waals surface area contributed by atoms with Crippen LogP contribution in [0.15, 0.2) is 66.7 Å². The molecule has 1 aliphatic rings. The smallest absolute Gasteiger partial charge is 0.408 e. The molecule has 3 N–H and O–H groups in total. The minimum absolute atomic E-state index is 0.00826. The number of anilines is 1. The molecule has 1 atom stereocenters. The van der Waals surface area contributed by atoms with E-state index in [1.165, 1.54) is 17.0 Å². The number of amides is 3. The van der Waals surface area contributed by atoms with E-state index in [0.29, 0.717) is 11.3 Å². The average Bonchev–Trinajstić information content (AvgIpc) is 3.64. The summed E-state index contributed by atoms with van der Waals surface area (Å²) in [5, 5.41) is 17.6. The van der Waals surface area contributed by atoms with Crippen molar-refractivity contribution in [1.82, 2.24) is 10.2 Å². The Bertz CT molecular complexity index is 1280. The molecule has 0 aromatic heterocycles. The van der Waals surface area contributed by atoms with Gasteiger partial charge in [-0.1, -0.05) is 42.5 Å². The second-order valence-corrected chi connectivity index (χ2v) is 9.94. The molecule has 1 fully saturated rings. The van der Waals surface area contributed by atoms with Gasteiger partial charge in [0.1, 0.15) is 23.9 Å². The number of fused-ring (bicyclic) bond motifs is 1. The number of carbonyl (C=O) groups is 3. The van der Waals surface area contributed by atoms with Gasteiger partial charge in [-0.15, -0.1) is 0 Å². The van der Waals surface area contributed by atoms with E-state index >= 15 is 0 Å². The molecule has 3 aromatic rings. The lowest BCUT2D eigenvalue weighted by Crippen LogP contribution is -2.47. The van der Waals surface area contributed by atoms with Gasteiger partial charge in [0.2, 0.25) is 5.91 Å². The Hall–Kier alpha value is -4.07. The van der Waals surface area contributed by atoms with Crippen LogP contribution in [0.3, 0.4) is 0 Å². The van der Waals surface area contributed by atoms with Crippen LogP contribution in [-0.2, 0) is 14.3 Å². The summed E-state index contributed by atoms with van der Waals surface area (Å²) in [4.78, 5) is 40.6. The van der Waals surface area contributed by atoms with Crippen LogP contribution in [0.1, 0.15) is 45.2 Å². The number of ether oxygens (including phenoxy) is 1. The molecule has 8 heteroatoms. The average molecular weight is 490 g/mol. The van der Waals surface area contributed by atoms with Crippen LogP contribution in [0.4, 0.5) is 10.5 Å². The van der Waals surface area contributed by atoms with Crippen molar-refractivity contribution < 1.29 is 24.2 Å². The summed E-state index contributed by atoms with van der Waals surface area (Å²) in [6.07, 6.45) is 0.786. The van der Waals surface area contributed by atoms with E-state index in [1.54, 1.807) is 32.9 Å². The summed E-state index contributed by atoms with van der Waals surface area (Å²) in [6.45, 7) is 4.89. The van der Waals surface area contributed by atoms with Crippen molar-refractivity contribution in [2.75, 3.05) is 11.9 Å². The topological polar surface area (TPSA) is 108 Å². The second kappa shape index (κ2) is 10.3. The largest absolute Gasteiger partial charge is 0.508 e. The molecule has 3 amide bonds. The minimum Gasteiger partial charge on any atom is -0.508 e. The predicted octanol–water partition coefficient (Wildman–Crippen LogP) is 4.74. The fourth-order valence-electron chi connectivity index (χ4n) is 4.08. The molecular formula is C28H31N3O5. The third kappa shape index (κ3) is 6.33. The van der Waals surface area contributed by atoms with Crippen LogP contribution in [0.2, 0.25) is 0 Å². The van der Waals surface area contributed by atoms with Crippen molar-refractivity contribution >= 4 is 34.4 Å². The van der Waals surface area contributed by atoms with E-state index < -0.39 is 29.6 Å². The van der Waals surface area contributed by atoms with Gasteiger partial charge in [0.15, 0.2) is 0 Å². The summed E-state index contributed by atoms with van der Waals surface area (Å²) in [7, 11) is 0. The molecule has 8 nitrogen and oxygen atoms in total. The van der Waals surface area contributed by atoms with Crippen LogP contribution in [0.5, 0.6) is 5.75 Å². The summed E-state index contributed by atoms with van der Waals surface area (Å²) in [5.74, 6) is -0.829. The molecule has 3 aromatic carbocycles. The molecule has 0 heterocycles. The number of nitrogens with zero attached hydrogens (tertiary/aromatic N) is 1. The zero-order valence-electron chi connectivity index (χ0n) is 20.7.